The van der Waals surface area contributed by atoms with Crippen molar-refractivity contribution in [3.05, 3.63) is 16.6 Å². The van der Waals surface area contributed by atoms with Gasteiger partial charge in [0.05, 0.1) is 9.99 Å². The Kier molecular flexibility index (Phi) is 3.47. The third kappa shape index (κ3) is 2.74. The molecule has 0 saturated heterocycles. The first-order chi connectivity index (χ1) is 8.38. The molecule has 0 atom stereocenters. The molecule has 0 saturated carbocycles. The number of phenolic OH excluding ortho intramolecular Hbond substituents is 1. The van der Waals surface area contributed by atoms with E-state index in [2.05, 4.69) is 26.2 Å². The number of phenols is 1. The molecule has 1 aromatic heterocycles. The van der Waals surface area contributed by atoms with Crippen molar-refractivity contribution in [2.75, 3.05) is 0 Å². The number of aryl methyl sites for hydroxylation is 1. The van der Waals surface area contributed by atoms with E-state index in [-0.39, 0.29) is 18.7 Å². The SMILES string of the molecule is Oc1ccc2c(nnn2CCCC(F)(F)F)c1Br. The Morgan fingerprint density at radius 1 is 1.33 bits per heavy atom. The van der Waals surface area contributed by atoms with Gasteiger partial charge in [-0.2, -0.15) is 13.2 Å². The van der Waals surface area contributed by atoms with Crippen LogP contribution in [-0.4, -0.2) is 26.3 Å². The second-order valence-electron chi connectivity index (χ2n) is 3.80. The minimum Gasteiger partial charge on any atom is -0.507 e. The van der Waals surface area contributed by atoms with Crippen LogP contribution in [0.25, 0.3) is 11.0 Å². The summed E-state index contributed by atoms with van der Waals surface area (Å²) in [5, 5.41) is 17.0. The fourth-order valence-electron chi connectivity index (χ4n) is 1.59. The largest absolute Gasteiger partial charge is 0.507 e. The van der Waals surface area contributed by atoms with Crippen molar-refractivity contribution in [2.45, 2.75) is 25.6 Å². The number of hydrogen-bond donors (Lipinski definition) is 1. The molecule has 0 aliphatic rings. The number of aromatic nitrogens is 3. The van der Waals surface area contributed by atoms with Crippen LogP contribution >= 0.6 is 15.9 Å². The van der Waals surface area contributed by atoms with E-state index in [9.17, 15) is 18.3 Å². The van der Waals surface area contributed by atoms with E-state index < -0.39 is 12.6 Å². The Morgan fingerprint density at radius 3 is 2.72 bits per heavy atom. The molecule has 1 heterocycles. The Balaban J connectivity index is 2.18. The molecule has 0 bridgehead atoms. The second kappa shape index (κ2) is 4.75. The lowest BCUT2D eigenvalue weighted by atomic mass is 10.2. The lowest BCUT2D eigenvalue weighted by Gasteiger charge is -2.06. The van der Waals surface area contributed by atoms with Crippen molar-refractivity contribution >= 4 is 27.0 Å². The van der Waals surface area contributed by atoms with Gasteiger partial charge in [0, 0.05) is 13.0 Å². The van der Waals surface area contributed by atoms with Gasteiger partial charge in [-0.15, -0.1) is 5.10 Å². The molecule has 0 fully saturated rings. The predicted molar refractivity (Wildman–Crippen MR) is 62.2 cm³/mol. The summed E-state index contributed by atoms with van der Waals surface area (Å²) >= 11 is 3.15. The molecule has 1 aromatic carbocycles. The van der Waals surface area contributed by atoms with Gasteiger partial charge in [-0.1, -0.05) is 5.21 Å². The van der Waals surface area contributed by atoms with Gasteiger partial charge in [-0.05, 0) is 34.5 Å². The van der Waals surface area contributed by atoms with Crippen LogP contribution in [0, 0.1) is 0 Å². The van der Waals surface area contributed by atoms with Crippen LogP contribution in [-0.2, 0) is 6.54 Å². The molecule has 98 valence electrons. The summed E-state index contributed by atoms with van der Waals surface area (Å²) in [7, 11) is 0. The first-order valence-electron chi connectivity index (χ1n) is 5.16. The maximum Gasteiger partial charge on any atom is 0.389 e. The molecule has 2 aromatic rings. The van der Waals surface area contributed by atoms with Crippen molar-refractivity contribution in [1.82, 2.24) is 15.0 Å². The number of rotatable bonds is 3. The molecular weight excluding hydrogens is 315 g/mol. The maximum absolute atomic E-state index is 12.0. The first kappa shape index (κ1) is 13.1. The topological polar surface area (TPSA) is 50.9 Å². The van der Waals surface area contributed by atoms with Crippen LogP contribution in [0.15, 0.2) is 16.6 Å². The van der Waals surface area contributed by atoms with Crippen LogP contribution in [0.3, 0.4) is 0 Å². The summed E-state index contributed by atoms with van der Waals surface area (Å²) in [6.07, 6.45) is -5.07. The van der Waals surface area contributed by atoms with Gasteiger partial charge in [0.2, 0.25) is 0 Å². The molecule has 0 aliphatic heterocycles. The Labute approximate surface area is 109 Å². The molecule has 0 unspecified atom stereocenters. The molecule has 0 spiro atoms. The fourth-order valence-corrected chi connectivity index (χ4v) is 2.00. The number of aromatic hydroxyl groups is 1. The van der Waals surface area contributed by atoms with Crippen LogP contribution in [0.4, 0.5) is 13.2 Å². The summed E-state index contributed by atoms with van der Waals surface area (Å²) < 4.78 is 37.9. The van der Waals surface area contributed by atoms with Gasteiger partial charge in [0.15, 0.2) is 0 Å². The number of benzene rings is 1. The van der Waals surface area contributed by atoms with E-state index in [0.717, 1.165) is 0 Å². The van der Waals surface area contributed by atoms with E-state index in [1.165, 1.54) is 10.7 Å². The molecule has 1 N–H and O–H groups in total. The number of nitrogens with zero attached hydrogens (tertiary/aromatic N) is 3. The zero-order chi connectivity index (χ0) is 13.3. The highest BCUT2D eigenvalue weighted by Gasteiger charge is 2.26. The Bertz CT molecular complexity index is 567. The highest BCUT2D eigenvalue weighted by Crippen LogP contribution is 2.30. The van der Waals surface area contributed by atoms with Crippen molar-refractivity contribution in [1.29, 1.82) is 0 Å². The second-order valence-corrected chi connectivity index (χ2v) is 4.59. The highest BCUT2D eigenvalue weighted by molar-refractivity contribution is 9.10. The predicted octanol–water partition coefficient (Wildman–Crippen LogP) is 3.24. The zero-order valence-electron chi connectivity index (χ0n) is 9.08. The molecule has 0 radical (unpaired) electrons. The number of halogens is 4. The summed E-state index contributed by atoms with van der Waals surface area (Å²) in [6, 6.07) is 3.01. The van der Waals surface area contributed by atoms with Crippen LogP contribution in [0.2, 0.25) is 0 Å². The van der Waals surface area contributed by atoms with Crippen LogP contribution < -0.4 is 0 Å². The van der Waals surface area contributed by atoms with Crippen LogP contribution in [0.5, 0.6) is 5.75 Å². The minimum atomic E-state index is -4.16. The number of fused-ring (bicyclic) bond motifs is 1. The van der Waals surface area contributed by atoms with Crippen molar-refractivity contribution in [3.8, 4) is 5.75 Å². The molecule has 4 nitrogen and oxygen atoms in total. The summed E-state index contributed by atoms with van der Waals surface area (Å²) in [5.41, 5.74) is 1.02. The average Bonchev–Trinajstić information content (AvgIpc) is 2.66. The van der Waals surface area contributed by atoms with Crippen molar-refractivity contribution in [2.24, 2.45) is 0 Å². The van der Waals surface area contributed by atoms with Gasteiger partial charge < -0.3 is 5.11 Å². The lowest BCUT2D eigenvalue weighted by Crippen LogP contribution is -2.09. The van der Waals surface area contributed by atoms with E-state index >= 15 is 0 Å². The van der Waals surface area contributed by atoms with E-state index in [4.69, 9.17) is 0 Å². The monoisotopic (exact) mass is 323 g/mol. The van der Waals surface area contributed by atoms with Crippen molar-refractivity contribution in [3.63, 3.8) is 0 Å². The molecule has 2 rings (SSSR count). The standard InChI is InChI=1S/C10H9BrF3N3O/c11-8-7(18)3-2-6-9(8)15-16-17(6)5-1-4-10(12,13)14/h2-3,18H,1,4-5H2. The zero-order valence-corrected chi connectivity index (χ0v) is 10.7. The van der Waals surface area contributed by atoms with Crippen molar-refractivity contribution < 1.29 is 18.3 Å². The first-order valence-corrected chi connectivity index (χ1v) is 5.95. The van der Waals surface area contributed by atoms with Gasteiger partial charge >= 0.3 is 6.18 Å². The maximum atomic E-state index is 12.0. The van der Waals surface area contributed by atoms with E-state index in [1.54, 1.807) is 6.07 Å². The van der Waals surface area contributed by atoms with Gasteiger partial charge in [0.25, 0.3) is 0 Å². The lowest BCUT2D eigenvalue weighted by molar-refractivity contribution is -0.135. The molecule has 0 amide bonds. The molecule has 8 heteroatoms. The summed E-state index contributed by atoms with van der Waals surface area (Å²) in [6.45, 7) is 0.132. The Morgan fingerprint density at radius 2 is 2.06 bits per heavy atom. The minimum absolute atomic E-state index is 0.0184. The highest BCUT2D eigenvalue weighted by atomic mass is 79.9. The third-order valence-electron chi connectivity index (χ3n) is 2.44. The molecular formula is C10H9BrF3N3O. The summed E-state index contributed by atoms with van der Waals surface area (Å²) in [4.78, 5) is 0. The average molecular weight is 324 g/mol. The molecule has 18 heavy (non-hydrogen) atoms. The smallest absolute Gasteiger partial charge is 0.389 e. The quantitative estimate of drug-likeness (QED) is 0.943. The van der Waals surface area contributed by atoms with Crippen LogP contribution in [0.1, 0.15) is 12.8 Å². The Hall–Kier alpha value is -1.31. The van der Waals surface area contributed by atoms with Gasteiger partial charge in [-0.25, -0.2) is 4.68 Å². The van der Waals surface area contributed by atoms with E-state index in [1.807, 2.05) is 0 Å². The number of hydrogen-bond acceptors (Lipinski definition) is 3. The molecule has 0 aliphatic carbocycles. The normalized spacial score (nSPS) is 12.2. The van der Waals surface area contributed by atoms with Gasteiger partial charge in [0.1, 0.15) is 11.3 Å². The summed E-state index contributed by atoms with van der Waals surface area (Å²) in [5.74, 6) is 0.0184. The number of alkyl halides is 3. The fraction of sp³-hybridized carbons (Fsp3) is 0.400. The third-order valence-corrected chi connectivity index (χ3v) is 3.22. The van der Waals surface area contributed by atoms with E-state index in [0.29, 0.717) is 15.5 Å². The van der Waals surface area contributed by atoms with Gasteiger partial charge in [-0.3, -0.25) is 0 Å².